The van der Waals surface area contributed by atoms with Crippen LogP contribution in [0.5, 0.6) is 0 Å². The molecule has 0 N–H and O–H groups in total. The molecule has 0 atom stereocenters. The highest BCUT2D eigenvalue weighted by Crippen LogP contribution is 2.09. The van der Waals surface area contributed by atoms with Crippen molar-refractivity contribution in [1.29, 1.82) is 0 Å². The van der Waals surface area contributed by atoms with Crippen molar-refractivity contribution in [2.24, 2.45) is 0 Å². The average Bonchev–Trinajstić information content (AvgIpc) is 2.70. The van der Waals surface area contributed by atoms with Crippen LogP contribution in [-0.2, 0) is 9.84 Å². The molecule has 0 bridgehead atoms. The summed E-state index contributed by atoms with van der Waals surface area (Å²) in [6, 6.07) is 1.51. The summed E-state index contributed by atoms with van der Waals surface area (Å²) >= 11 is 0. The summed E-state index contributed by atoms with van der Waals surface area (Å²) in [5.74, 6) is 0.293. The number of hydrogen-bond acceptors (Lipinski definition) is 6. The molecule has 2 heterocycles. The van der Waals surface area contributed by atoms with E-state index < -0.39 is 9.84 Å². The van der Waals surface area contributed by atoms with Crippen LogP contribution in [0.2, 0.25) is 0 Å². The summed E-state index contributed by atoms with van der Waals surface area (Å²) in [7, 11) is -3.48. The molecule has 0 unspecified atom stereocenters. The van der Waals surface area contributed by atoms with Crippen LogP contribution in [0.1, 0.15) is 16.1 Å². The van der Waals surface area contributed by atoms with Gasteiger partial charge < -0.3 is 0 Å². The lowest BCUT2D eigenvalue weighted by atomic mass is 10.3. The van der Waals surface area contributed by atoms with Gasteiger partial charge in [0.25, 0.3) is 0 Å². The van der Waals surface area contributed by atoms with E-state index >= 15 is 0 Å². The van der Waals surface area contributed by atoms with Gasteiger partial charge in [0.1, 0.15) is 0 Å². The fourth-order valence-corrected chi connectivity index (χ4v) is 1.86. The van der Waals surface area contributed by atoms with Crippen LogP contribution in [0.4, 0.5) is 0 Å². The normalized spacial score (nSPS) is 11.4. The van der Waals surface area contributed by atoms with Crippen LogP contribution in [0, 0.1) is 6.92 Å². The zero-order valence-electron chi connectivity index (χ0n) is 9.73. The monoisotopic (exact) mass is 266 g/mol. The Balaban J connectivity index is 2.54. The second-order valence-electron chi connectivity index (χ2n) is 3.70. The molecule has 0 spiro atoms. The van der Waals surface area contributed by atoms with E-state index in [1.165, 1.54) is 23.1 Å². The van der Waals surface area contributed by atoms with E-state index in [1.54, 1.807) is 6.92 Å². The molecule has 0 saturated heterocycles. The fraction of sp³-hybridized carbons (Fsp3) is 0.200. The Labute approximate surface area is 103 Å². The Morgan fingerprint density at radius 3 is 2.67 bits per heavy atom. The van der Waals surface area contributed by atoms with Gasteiger partial charge in [0, 0.05) is 24.7 Å². The van der Waals surface area contributed by atoms with Crippen molar-refractivity contribution in [3.63, 3.8) is 0 Å². The number of sulfone groups is 1. The van der Waals surface area contributed by atoms with Crippen molar-refractivity contribution < 1.29 is 13.2 Å². The molecule has 7 nitrogen and oxygen atoms in total. The highest BCUT2D eigenvalue weighted by molar-refractivity contribution is 7.90. The smallest absolute Gasteiger partial charge is 0.248 e. The Morgan fingerprint density at radius 2 is 2.11 bits per heavy atom. The second kappa shape index (κ2) is 4.30. The quantitative estimate of drug-likeness (QED) is 0.581. The molecule has 0 saturated carbocycles. The molecule has 2 rings (SSSR count). The molecular formula is C10H10N4O3S. The molecule has 0 aliphatic rings. The van der Waals surface area contributed by atoms with Gasteiger partial charge in [-0.25, -0.2) is 18.1 Å². The van der Waals surface area contributed by atoms with Crippen LogP contribution < -0.4 is 0 Å². The van der Waals surface area contributed by atoms with Gasteiger partial charge in [0.2, 0.25) is 15.0 Å². The van der Waals surface area contributed by atoms with E-state index in [9.17, 15) is 13.2 Å². The second-order valence-corrected chi connectivity index (χ2v) is 5.61. The zero-order valence-corrected chi connectivity index (χ0v) is 10.5. The molecule has 0 aromatic carbocycles. The summed E-state index contributed by atoms with van der Waals surface area (Å²) in [5.41, 5.74) is 0.971. The molecule has 0 aliphatic heterocycles. The molecule has 8 heteroatoms. The van der Waals surface area contributed by atoms with Crippen molar-refractivity contribution >= 4 is 16.1 Å². The van der Waals surface area contributed by atoms with Gasteiger partial charge in [-0.15, -0.1) is 0 Å². The molecule has 94 valence electrons. The first kappa shape index (κ1) is 12.4. The number of rotatable bonds is 3. The molecular weight excluding hydrogens is 256 g/mol. The number of aryl methyl sites for hydroxylation is 1. The molecule has 18 heavy (non-hydrogen) atoms. The van der Waals surface area contributed by atoms with Crippen molar-refractivity contribution in [2.45, 2.75) is 12.1 Å². The van der Waals surface area contributed by atoms with Crippen molar-refractivity contribution in [1.82, 2.24) is 19.7 Å². The van der Waals surface area contributed by atoms with Crippen LogP contribution >= 0.6 is 0 Å². The number of aldehydes is 1. The molecule has 2 aromatic rings. The van der Waals surface area contributed by atoms with Crippen LogP contribution in [-0.4, -0.2) is 40.7 Å². The first-order valence-electron chi connectivity index (χ1n) is 4.97. The minimum atomic E-state index is -3.48. The number of nitrogens with zero attached hydrogens (tertiary/aromatic N) is 4. The topological polar surface area (TPSA) is 94.8 Å². The van der Waals surface area contributed by atoms with E-state index in [0.717, 1.165) is 6.26 Å². The van der Waals surface area contributed by atoms with Crippen LogP contribution in [0.15, 0.2) is 23.6 Å². The molecule has 0 radical (unpaired) electrons. The van der Waals surface area contributed by atoms with Gasteiger partial charge in [-0.1, -0.05) is 0 Å². The Morgan fingerprint density at radius 1 is 1.39 bits per heavy atom. The lowest BCUT2D eigenvalue weighted by Gasteiger charge is -2.01. The van der Waals surface area contributed by atoms with Crippen LogP contribution in [0.3, 0.4) is 0 Å². The predicted molar refractivity (Wildman–Crippen MR) is 62.4 cm³/mol. The van der Waals surface area contributed by atoms with E-state index in [0.29, 0.717) is 23.4 Å². The highest BCUT2D eigenvalue weighted by Gasteiger charge is 2.13. The van der Waals surface area contributed by atoms with Gasteiger partial charge in [0.05, 0.1) is 11.3 Å². The SMILES string of the molecule is Cc1nn(-c2ccnc(S(C)(=O)=O)n2)cc1C=O. The molecule has 2 aromatic heterocycles. The minimum absolute atomic E-state index is 0.277. The maximum absolute atomic E-state index is 11.3. The summed E-state index contributed by atoms with van der Waals surface area (Å²) in [6.07, 6.45) is 4.52. The van der Waals surface area contributed by atoms with Gasteiger partial charge in [0.15, 0.2) is 12.1 Å². The van der Waals surface area contributed by atoms with Gasteiger partial charge >= 0.3 is 0 Å². The molecule has 0 fully saturated rings. The number of carbonyl (C=O) groups is 1. The van der Waals surface area contributed by atoms with Crippen molar-refractivity contribution in [3.8, 4) is 5.82 Å². The maximum Gasteiger partial charge on any atom is 0.248 e. The minimum Gasteiger partial charge on any atom is -0.298 e. The molecule has 0 amide bonds. The summed E-state index contributed by atoms with van der Waals surface area (Å²) in [6.45, 7) is 1.68. The third kappa shape index (κ3) is 2.28. The largest absolute Gasteiger partial charge is 0.298 e. The van der Waals surface area contributed by atoms with E-state index in [-0.39, 0.29) is 5.16 Å². The predicted octanol–water partition coefficient (Wildman–Crippen LogP) is 0.187. The lowest BCUT2D eigenvalue weighted by molar-refractivity contribution is 0.112. The highest BCUT2D eigenvalue weighted by atomic mass is 32.2. The summed E-state index contributed by atoms with van der Waals surface area (Å²) in [4.78, 5) is 18.3. The van der Waals surface area contributed by atoms with E-state index in [4.69, 9.17) is 0 Å². The van der Waals surface area contributed by atoms with Gasteiger partial charge in [-0.3, -0.25) is 4.79 Å². The molecule has 0 aliphatic carbocycles. The first-order chi connectivity index (χ1) is 8.41. The summed E-state index contributed by atoms with van der Waals surface area (Å²) in [5, 5.41) is 3.80. The summed E-state index contributed by atoms with van der Waals surface area (Å²) < 4.78 is 24.0. The van der Waals surface area contributed by atoms with E-state index in [1.807, 2.05) is 0 Å². The number of aromatic nitrogens is 4. The van der Waals surface area contributed by atoms with Crippen molar-refractivity contribution in [2.75, 3.05) is 6.26 Å². The van der Waals surface area contributed by atoms with Crippen LogP contribution in [0.25, 0.3) is 5.82 Å². The third-order valence-electron chi connectivity index (χ3n) is 2.25. The standard InChI is InChI=1S/C10H10N4O3S/c1-7-8(6-15)5-14(13-7)9-3-4-11-10(12-9)18(2,16)17/h3-6H,1-2H3. The average molecular weight is 266 g/mol. The number of hydrogen-bond donors (Lipinski definition) is 0. The first-order valence-corrected chi connectivity index (χ1v) is 6.86. The third-order valence-corrected chi connectivity index (χ3v) is 3.11. The Hall–Kier alpha value is -2.09. The van der Waals surface area contributed by atoms with E-state index in [2.05, 4.69) is 15.1 Å². The Bertz CT molecular complexity index is 706. The fourth-order valence-electron chi connectivity index (χ4n) is 1.34. The van der Waals surface area contributed by atoms with Crippen molar-refractivity contribution in [3.05, 3.63) is 29.7 Å². The lowest BCUT2D eigenvalue weighted by Crippen LogP contribution is -2.07. The Kier molecular flexibility index (Phi) is 2.95. The maximum atomic E-state index is 11.3. The number of carbonyl (C=O) groups excluding carboxylic acids is 1. The zero-order chi connectivity index (χ0) is 13.3. The van der Waals surface area contributed by atoms with Gasteiger partial charge in [-0.2, -0.15) is 10.1 Å². The van der Waals surface area contributed by atoms with Gasteiger partial charge in [-0.05, 0) is 6.92 Å².